The molecule has 0 amide bonds. The fourth-order valence-electron chi connectivity index (χ4n) is 4.03. The van der Waals surface area contributed by atoms with Crippen LogP contribution in [0.1, 0.15) is 37.8 Å². The number of nitrogens with one attached hydrogen (secondary N) is 1. The molecule has 0 saturated carbocycles. The first-order valence-corrected chi connectivity index (χ1v) is 8.83. The highest BCUT2D eigenvalue weighted by molar-refractivity contribution is 5.94. The van der Waals surface area contributed by atoms with E-state index >= 15 is 0 Å². The van der Waals surface area contributed by atoms with Crippen molar-refractivity contribution in [3.8, 4) is 11.1 Å². The topological polar surface area (TPSA) is 45.2 Å². The predicted molar refractivity (Wildman–Crippen MR) is 104 cm³/mol. The van der Waals surface area contributed by atoms with Crippen molar-refractivity contribution in [2.75, 3.05) is 5.32 Å². The van der Waals surface area contributed by atoms with Crippen LogP contribution in [0.4, 0.5) is 5.69 Å². The third-order valence-electron chi connectivity index (χ3n) is 5.46. The highest BCUT2D eigenvalue weighted by Crippen LogP contribution is 2.43. The number of anilines is 1. The predicted octanol–water partition coefficient (Wildman–Crippen LogP) is 4.88. The van der Waals surface area contributed by atoms with Crippen LogP contribution in [0.15, 0.2) is 48.7 Å². The summed E-state index contributed by atoms with van der Waals surface area (Å²) in [6.07, 6.45) is 1.41. The SMILES string of the molecule is Cc1cc(-c2cccc3cccnc23)cc2c1NC(C)(C)C(O)C2C. The average molecular weight is 332 g/mol. The van der Waals surface area contributed by atoms with E-state index in [1.807, 2.05) is 12.3 Å². The molecule has 2 unspecified atom stereocenters. The van der Waals surface area contributed by atoms with Crippen molar-refractivity contribution in [1.82, 2.24) is 4.98 Å². The van der Waals surface area contributed by atoms with E-state index < -0.39 is 6.10 Å². The number of aryl methyl sites for hydroxylation is 1. The largest absolute Gasteiger partial charge is 0.390 e. The van der Waals surface area contributed by atoms with Gasteiger partial charge in [-0.2, -0.15) is 0 Å². The number of para-hydroxylation sites is 1. The lowest BCUT2D eigenvalue weighted by molar-refractivity contribution is 0.0869. The first kappa shape index (κ1) is 16.1. The number of aliphatic hydroxyl groups is 1. The first-order chi connectivity index (χ1) is 11.9. The monoisotopic (exact) mass is 332 g/mol. The van der Waals surface area contributed by atoms with Crippen LogP contribution in [0.5, 0.6) is 0 Å². The number of aliphatic hydroxyl groups excluding tert-OH is 1. The molecule has 128 valence electrons. The maximum absolute atomic E-state index is 10.7. The van der Waals surface area contributed by atoms with Crippen LogP contribution in [-0.2, 0) is 0 Å². The van der Waals surface area contributed by atoms with E-state index in [0.717, 1.165) is 27.7 Å². The molecule has 0 fully saturated rings. The second-order valence-electron chi connectivity index (χ2n) is 7.72. The summed E-state index contributed by atoms with van der Waals surface area (Å²) >= 11 is 0. The molecule has 2 heterocycles. The number of benzene rings is 2. The van der Waals surface area contributed by atoms with Crippen molar-refractivity contribution in [1.29, 1.82) is 0 Å². The van der Waals surface area contributed by atoms with Gasteiger partial charge in [0, 0.05) is 28.8 Å². The Morgan fingerprint density at radius 1 is 1.12 bits per heavy atom. The Bertz CT molecular complexity index is 956. The van der Waals surface area contributed by atoms with Crippen LogP contribution in [0.3, 0.4) is 0 Å². The second kappa shape index (κ2) is 5.57. The lowest BCUT2D eigenvalue weighted by Crippen LogP contribution is -2.50. The van der Waals surface area contributed by atoms with Gasteiger partial charge in [-0.25, -0.2) is 0 Å². The molecule has 0 radical (unpaired) electrons. The zero-order chi connectivity index (χ0) is 17.8. The highest BCUT2D eigenvalue weighted by Gasteiger charge is 2.39. The van der Waals surface area contributed by atoms with Crippen LogP contribution in [0, 0.1) is 6.92 Å². The van der Waals surface area contributed by atoms with E-state index in [4.69, 9.17) is 0 Å². The van der Waals surface area contributed by atoms with Crippen molar-refractivity contribution >= 4 is 16.6 Å². The number of hydrogen-bond acceptors (Lipinski definition) is 3. The maximum Gasteiger partial charge on any atom is 0.0830 e. The minimum Gasteiger partial charge on any atom is -0.390 e. The van der Waals surface area contributed by atoms with E-state index in [0.29, 0.717) is 0 Å². The molecule has 25 heavy (non-hydrogen) atoms. The highest BCUT2D eigenvalue weighted by atomic mass is 16.3. The van der Waals surface area contributed by atoms with Gasteiger partial charge in [0.2, 0.25) is 0 Å². The molecule has 0 spiro atoms. The van der Waals surface area contributed by atoms with Crippen molar-refractivity contribution < 1.29 is 5.11 Å². The molecule has 1 aromatic heterocycles. The molecule has 1 aliphatic rings. The van der Waals surface area contributed by atoms with Crippen molar-refractivity contribution in [3.63, 3.8) is 0 Å². The molecule has 2 N–H and O–H groups in total. The third-order valence-corrected chi connectivity index (χ3v) is 5.46. The molecule has 3 aromatic rings. The van der Waals surface area contributed by atoms with Gasteiger partial charge in [0.05, 0.1) is 17.2 Å². The van der Waals surface area contributed by atoms with Gasteiger partial charge in [0.1, 0.15) is 0 Å². The summed E-state index contributed by atoms with van der Waals surface area (Å²) in [7, 11) is 0. The fourth-order valence-corrected chi connectivity index (χ4v) is 4.03. The van der Waals surface area contributed by atoms with Crippen LogP contribution < -0.4 is 5.32 Å². The van der Waals surface area contributed by atoms with E-state index in [9.17, 15) is 5.11 Å². The minimum absolute atomic E-state index is 0.0767. The van der Waals surface area contributed by atoms with Gasteiger partial charge >= 0.3 is 0 Å². The standard InChI is InChI=1S/C22H24N2O/c1-13-11-16(17-9-5-7-15-8-6-10-23-20(15)17)12-18-14(2)21(25)22(3,4)24-19(13)18/h5-12,14,21,24-25H,1-4H3. The molecule has 4 rings (SSSR count). The van der Waals surface area contributed by atoms with Gasteiger partial charge in [-0.3, -0.25) is 4.98 Å². The van der Waals surface area contributed by atoms with Crippen molar-refractivity contribution in [3.05, 3.63) is 59.8 Å². The van der Waals surface area contributed by atoms with Crippen molar-refractivity contribution in [2.24, 2.45) is 0 Å². The number of hydrogen-bond donors (Lipinski definition) is 2. The van der Waals surface area contributed by atoms with Crippen LogP contribution in [0.25, 0.3) is 22.0 Å². The lowest BCUT2D eigenvalue weighted by atomic mass is 9.77. The Labute approximate surface area is 148 Å². The quantitative estimate of drug-likeness (QED) is 0.667. The molecule has 0 saturated heterocycles. The lowest BCUT2D eigenvalue weighted by Gasteiger charge is -2.43. The Kier molecular flexibility index (Phi) is 3.58. The average Bonchev–Trinajstić information content (AvgIpc) is 2.60. The molecule has 1 aliphatic heterocycles. The maximum atomic E-state index is 10.7. The van der Waals surface area contributed by atoms with Crippen LogP contribution in [0.2, 0.25) is 0 Å². The number of rotatable bonds is 1. The normalized spacial score (nSPS) is 21.6. The summed E-state index contributed by atoms with van der Waals surface area (Å²) < 4.78 is 0. The Morgan fingerprint density at radius 2 is 1.88 bits per heavy atom. The summed E-state index contributed by atoms with van der Waals surface area (Å²) in [5.41, 5.74) is 6.50. The molecular weight excluding hydrogens is 308 g/mol. The summed E-state index contributed by atoms with van der Waals surface area (Å²) in [4.78, 5) is 4.59. The van der Waals surface area contributed by atoms with Gasteiger partial charge in [-0.15, -0.1) is 0 Å². The van der Waals surface area contributed by atoms with Gasteiger partial charge < -0.3 is 10.4 Å². The van der Waals surface area contributed by atoms with Gasteiger partial charge in [0.25, 0.3) is 0 Å². The Morgan fingerprint density at radius 3 is 2.68 bits per heavy atom. The molecule has 3 nitrogen and oxygen atoms in total. The Balaban J connectivity index is 1.93. The number of aromatic nitrogens is 1. The van der Waals surface area contributed by atoms with Gasteiger partial charge in [-0.1, -0.05) is 31.2 Å². The first-order valence-electron chi connectivity index (χ1n) is 8.83. The van der Waals surface area contributed by atoms with Gasteiger partial charge in [0.15, 0.2) is 0 Å². The summed E-state index contributed by atoms with van der Waals surface area (Å²) in [5.74, 6) is 0.0767. The molecule has 0 bridgehead atoms. The zero-order valence-electron chi connectivity index (χ0n) is 15.2. The molecule has 3 heteroatoms. The van der Waals surface area contributed by atoms with Gasteiger partial charge in [-0.05, 0) is 55.7 Å². The smallest absolute Gasteiger partial charge is 0.0830 e. The van der Waals surface area contributed by atoms with Crippen LogP contribution in [-0.4, -0.2) is 21.7 Å². The molecule has 2 aromatic carbocycles. The third kappa shape index (κ3) is 2.50. The molecule has 2 atom stereocenters. The van der Waals surface area contributed by atoms with E-state index in [-0.39, 0.29) is 11.5 Å². The fraction of sp³-hybridized carbons (Fsp3) is 0.318. The van der Waals surface area contributed by atoms with E-state index in [2.05, 4.69) is 74.4 Å². The Hall–Kier alpha value is -2.39. The molecule has 0 aliphatic carbocycles. The molecular formula is C22H24N2O. The summed E-state index contributed by atoms with van der Waals surface area (Å²) in [6, 6.07) is 14.8. The number of nitrogens with zero attached hydrogens (tertiary/aromatic N) is 1. The second-order valence-corrected chi connectivity index (χ2v) is 7.72. The minimum atomic E-state index is -0.430. The number of fused-ring (bicyclic) bond motifs is 2. The number of pyridine rings is 1. The van der Waals surface area contributed by atoms with E-state index in [1.54, 1.807) is 0 Å². The zero-order valence-corrected chi connectivity index (χ0v) is 15.2. The summed E-state index contributed by atoms with van der Waals surface area (Å²) in [5, 5.41) is 15.4. The van der Waals surface area contributed by atoms with Crippen molar-refractivity contribution in [2.45, 2.75) is 45.3 Å². The van der Waals surface area contributed by atoms with Crippen LogP contribution >= 0.6 is 0 Å². The van der Waals surface area contributed by atoms with E-state index in [1.165, 1.54) is 11.1 Å². The summed E-state index contributed by atoms with van der Waals surface area (Å²) in [6.45, 7) is 8.35.